The average molecular weight is 506 g/mol. The number of carboxylic acids is 1. The zero-order valence-electron chi connectivity index (χ0n) is 20.9. The molecule has 188 valence electrons. The summed E-state index contributed by atoms with van der Waals surface area (Å²) in [6, 6.07) is 23.5. The van der Waals surface area contributed by atoms with Gasteiger partial charge in [-0.05, 0) is 62.1 Å². The molecule has 36 heavy (non-hydrogen) atoms. The molecule has 2 N–H and O–H groups in total. The quantitative estimate of drug-likeness (QED) is 0.424. The Morgan fingerprint density at radius 3 is 2.33 bits per heavy atom. The molecule has 0 aliphatic heterocycles. The maximum atomic E-state index is 13.0. The van der Waals surface area contributed by atoms with Crippen molar-refractivity contribution in [2.45, 2.75) is 44.0 Å². The number of sulfonamides is 1. The minimum Gasteiger partial charge on any atom is -0.480 e. The Kier molecular flexibility index (Phi) is 8.18. The number of aliphatic carboxylic acids is 1. The molecule has 0 amide bonds. The van der Waals surface area contributed by atoms with Crippen molar-refractivity contribution in [1.29, 1.82) is 5.26 Å². The van der Waals surface area contributed by atoms with Gasteiger partial charge in [0.05, 0.1) is 16.5 Å². The van der Waals surface area contributed by atoms with Crippen LogP contribution in [0.1, 0.15) is 44.7 Å². The van der Waals surface area contributed by atoms with Gasteiger partial charge in [-0.15, -0.1) is 0 Å². The van der Waals surface area contributed by atoms with Gasteiger partial charge < -0.3 is 10.0 Å². The topological polar surface area (TPSA) is 110 Å². The second kappa shape index (κ2) is 10.9. The van der Waals surface area contributed by atoms with Gasteiger partial charge in [-0.3, -0.25) is 4.79 Å². The van der Waals surface area contributed by atoms with Crippen LogP contribution in [0.15, 0.2) is 77.7 Å². The molecule has 1 atom stereocenters. The summed E-state index contributed by atoms with van der Waals surface area (Å²) in [6.07, 6.45) is 0. The molecule has 3 rings (SSSR count). The highest BCUT2D eigenvalue weighted by atomic mass is 32.2. The highest BCUT2D eigenvalue weighted by molar-refractivity contribution is 7.89. The number of anilines is 1. The first-order chi connectivity index (χ1) is 16.9. The summed E-state index contributed by atoms with van der Waals surface area (Å²) >= 11 is 0. The summed E-state index contributed by atoms with van der Waals surface area (Å²) in [5, 5.41) is 18.6. The molecule has 0 saturated carbocycles. The Morgan fingerprint density at radius 2 is 1.72 bits per heavy atom. The van der Waals surface area contributed by atoms with Crippen molar-refractivity contribution in [2.24, 2.45) is 0 Å². The molecule has 0 saturated heterocycles. The van der Waals surface area contributed by atoms with E-state index in [-0.39, 0.29) is 17.4 Å². The van der Waals surface area contributed by atoms with Crippen molar-refractivity contribution in [2.75, 3.05) is 18.0 Å². The average Bonchev–Trinajstić information content (AvgIpc) is 2.82. The fourth-order valence-corrected chi connectivity index (χ4v) is 5.67. The number of hydrogen-bond acceptors (Lipinski definition) is 5. The van der Waals surface area contributed by atoms with Gasteiger partial charge in [0, 0.05) is 23.3 Å². The Hall–Kier alpha value is -3.67. The number of carbonyl (C=O) groups is 1. The van der Waals surface area contributed by atoms with Crippen LogP contribution in [0.2, 0.25) is 0 Å². The number of nitriles is 1. The van der Waals surface area contributed by atoms with Crippen molar-refractivity contribution in [3.05, 3.63) is 83.9 Å². The largest absolute Gasteiger partial charge is 0.480 e. The van der Waals surface area contributed by atoms with E-state index >= 15 is 0 Å². The van der Waals surface area contributed by atoms with Gasteiger partial charge in [0.2, 0.25) is 10.0 Å². The van der Waals surface area contributed by atoms with Crippen LogP contribution in [0.25, 0.3) is 11.1 Å². The van der Waals surface area contributed by atoms with E-state index in [9.17, 15) is 23.6 Å². The summed E-state index contributed by atoms with van der Waals surface area (Å²) < 4.78 is 28.8. The smallest absolute Gasteiger partial charge is 0.323 e. The third-order valence-electron chi connectivity index (χ3n) is 5.57. The molecule has 0 bridgehead atoms. The molecule has 0 heterocycles. The Labute approximate surface area is 213 Å². The van der Waals surface area contributed by atoms with Crippen molar-refractivity contribution in [3.8, 4) is 17.2 Å². The number of benzene rings is 3. The fraction of sp³-hybridized carbons (Fsp3) is 0.286. The number of nitrogens with zero attached hydrogens (tertiary/aromatic N) is 2. The SMILES string of the molecule is CC(CN(CC(=O)O)c1cccc(C#N)c1)c1ccc(-c2ccccc2S(=O)(=O)NC(C)(C)C)cc1. The molecule has 0 fully saturated rings. The van der Waals surface area contributed by atoms with Crippen LogP contribution in [-0.2, 0) is 14.8 Å². The van der Waals surface area contributed by atoms with Crippen LogP contribution >= 0.6 is 0 Å². The van der Waals surface area contributed by atoms with Crippen molar-refractivity contribution in [1.82, 2.24) is 4.72 Å². The van der Waals surface area contributed by atoms with Crippen molar-refractivity contribution >= 4 is 21.7 Å². The van der Waals surface area contributed by atoms with Crippen LogP contribution in [0.3, 0.4) is 0 Å². The Bertz CT molecular complexity index is 1370. The molecule has 3 aromatic rings. The minimum atomic E-state index is -3.72. The maximum Gasteiger partial charge on any atom is 0.323 e. The van der Waals surface area contributed by atoms with E-state index in [1.807, 2.05) is 31.2 Å². The van der Waals surface area contributed by atoms with Gasteiger partial charge in [-0.25, -0.2) is 13.1 Å². The predicted octanol–water partition coefficient (Wildman–Crippen LogP) is 5.00. The molecule has 3 aromatic carbocycles. The lowest BCUT2D eigenvalue weighted by molar-refractivity contribution is -0.135. The van der Waals surface area contributed by atoms with Crippen LogP contribution in [0.5, 0.6) is 0 Å². The zero-order chi connectivity index (χ0) is 26.5. The number of carboxylic acid groups (broad SMARTS) is 1. The second-order valence-corrected chi connectivity index (χ2v) is 11.5. The molecule has 0 spiro atoms. The number of nitrogens with one attached hydrogen (secondary N) is 1. The first-order valence-electron chi connectivity index (χ1n) is 11.6. The van der Waals surface area contributed by atoms with Gasteiger partial charge in [-0.1, -0.05) is 55.5 Å². The summed E-state index contributed by atoms with van der Waals surface area (Å²) in [4.78, 5) is 13.4. The van der Waals surface area contributed by atoms with Crippen molar-refractivity contribution < 1.29 is 18.3 Å². The second-order valence-electron chi connectivity index (χ2n) is 9.81. The third-order valence-corrected chi connectivity index (χ3v) is 7.38. The summed E-state index contributed by atoms with van der Waals surface area (Å²) in [7, 11) is -3.72. The first kappa shape index (κ1) is 26.9. The maximum absolute atomic E-state index is 13.0. The van der Waals surface area contributed by atoms with E-state index in [0.29, 0.717) is 23.4 Å². The van der Waals surface area contributed by atoms with Crippen LogP contribution < -0.4 is 9.62 Å². The Morgan fingerprint density at radius 1 is 1.06 bits per heavy atom. The molecule has 1 unspecified atom stereocenters. The van der Waals surface area contributed by atoms with E-state index < -0.39 is 21.5 Å². The van der Waals surface area contributed by atoms with E-state index in [1.54, 1.807) is 74.2 Å². The molecular weight excluding hydrogens is 474 g/mol. The monoisotopic (exact) mass is 505 g/mol. The molecule has 0 aromatic heterocycles. The molecule has 0 radical (unpaired) electrons. The number of rotatable bonds is 9. The van der Waals surface area contributed by atoms with E-state index in [0.717, 1.165) is 11.1 Å². The van der Waals surface area contributed by atoms with Crippen LogP contribution in [-0.4, -0.2) is 38.1 Å². The highest BCUT2D eigenvalue weighted by Crippen LogP contribution is 2.30. The van der Waals surface area contributed by atoms with E-state index in [1.165, 1.54) is 0 Å². The lowest BCUT2D eigenvalue weighted by atomic mass is 9.96. The highest BCUT2D eigenvalue weighted by Gasteiger charge is 2.25. The van der Waals surface area contributed by atoms with Gasteiger partial charge in [-0.2, -0.15) is 5.26 Å². The zero-order valence-corrected chi connectivity index (χ0v) is 21.7. The fourth-order valence-electron chi connectivity index (χ4n) is 4.02. The molecule has 8 heteroatoms. The third kappa shape index (κ3) is 6.94. The van der Waals surface area contributed by atoms with Gasteiger partial charge in [0.25, 0.3) is 0 Å². The number of hydrogen-bond donors (Lipinski definition) is 2. The van der Waals surface area contributed by atoms with Crippen molar-refractivity contribution in [3.63, 3.8) is 0 Å². The molecule has 0 aliphatic carbocycles. The molecule has 7 nitrogen and oxygen atoms in total. The first-order valence-corrected chi connectivity index (χ1v) is 13.1. The van der Waals surface area contributed by atoms with Gasteiger partial charge >= 0.3 is 5.97 Å². The predicted molar refractivity (Wildman–Crippen MR) is 141 cm³/mol. The lowest BCUT2D eigenvalue weighted by Gasteiger charge is -2.27. The van der Waals surface area contributed by atoms with Gasteiger partial charge in [0.1, 0.15) is 6.54 Å². The van der Waals surface area contributed by atoms with Crippen LogP contribution in [0.4, 0.5) is 5.69 Å². The van der Waals surface area contributed by atoms with Crippen LogP contribution in [0, 0.1) is 11.3 Å². The van der Waals surface area contributed by atoms with Gasteiger partial charge in [0.15, 0.2) is 0 Å². The molecular formula is C28H31N3O4S. The van der Waals surface area contributed by atoms with E-state index in [4.69, 9.17) is 0 Å². The summed E-state index contributed by atoms with van der Waals surface area (Å²) in [6.45, 7) is 7.64. The summed E-state index contributed by atoms with van der Waals surface area (Å²) in [5.41, 5.74) is 2.89. The standard InChI is InChI=1S/C28H31N3O4S/c1-20(18-31(19-27(32)33)24-9-7-8-21(16-24)17-29)22-12-14-23(15-13-22)25-10-5-6-11-26(25)36(34,35)30-28(2,3)4/h5-16,20,30H,18-19H2,1-4H3,(H,32,33). The summed E-state index contributed by atoms with van der Waals surface area (Å²) in [5.74, 6) is -0.979. The normalized spacial score (nSPS) is 12.5. The minimum absolute atomic E-state index is 0.0225. The lowest BCUT2D eigenvalue weighted by Crippen LogP contribution is -2.40. The Balaban J connectivity index is 1.87. The molecule has 0 aliphatic rings. The van der Waals surface area contributed by atoms with E-state index in [2.05, 4.69) is 10.8 Å².